The van der Waals surface area contributed by atoms with Crippen molar-refractivity contribution in [3.8, 4) is 21.7 Å². The molecule has 0 unspecified atom stereocenters. The molecule has 0 N–H and O–H groups in total. The fraction of sp³-hybridized carbons (Fsp3) is 0.0476. The third kappa shape index (κ3) is 2.17. The van der Waals surface area contributed by atoms with Crippen molar-refractivity contribution < 1.29 is 0 Å². The average molecular weight is 352 g/mol. The highest BCUT2D eigenvalue weighted by atomic mass is 32.1. The number of nitrogens with zero attached hydrogens (tertiary/aromatic N) is 4. The van der Waals surface area contributed by atoms with Crippen LogP contribution >= 0.6 is 11.3 Å². The topological polar surface area (TPSA) is 42.5 Å². The minimum Gasteiger partial charge on any atom is -0.244 e. The van der Waals surface area contributed by atoms with Crippen molar-refractivity contribution in [3.63, 3.8) is 0 Å². The number of rotatable bonds is 1. The Morgan fingerprint density at radius 3 is 2.50 bits per heavy atom. The van der Waals surface area contributed by atoms with Gasteiger partial charge in [0.2, 0.25) is 0 Å². The Balaban J connectivity index is 1.76. The van der Waals surface area contributed by atoms with E-state index >= 15 is 0 Å². The molecule has 1 aliphatic rings. The number of hydrogen-bond acceptors (Lipinski definition) is 4. The van der Waals surface area contributed by atoms with Crippen molar-refractivity contribution in [2.45, 2.75) is 6.92 Å². The number of fused-ring (bicyclic) bond motifs is 4. The molecule has 26 heavy (non-hydrogen) atoms. The average Bonchev–Trinajstić information content (AvgIpc) is 3.22. The lowest BCUT2D eigenvalue weighted by molar-refractivity contribution is 1.28. The zero-order valence-electron chi connectivity index (χ0n) is 13.9. The highest BCUT2D eigenvalue weighted by Gasteiger charge is 2.30. The maximum absolute atomic E-state index is 7.13. The first-order valence-electron chi connectivity index (χ1n) is 8.18. The van der Waals surface area contributed by atoms with Gasteiger partial charge in [-0.2, -0.15) is 6.57 Å². The standard InChI is InChI=1S/C21H12N4S/c1-12-7-10-18(26-12)13-8-9-16-17(11-13)24-19-14-5-3-4-6-15(14)20(25-22-2)21(19)23-16/h3-11H,1H3/b25-20-. The monoisotopic (exact) mass is 352 g/mol. The van der Waals surface area contributed by atoms with Gasteiger partial charge in [0.1, 0.15) is 5.69 Å². The number of aryl methyl sites for hydroxylation is 1. The molecule has 4 aromatic rings. The van der Waals surface area contributed by atoms with Gasteiger partial charge in [-0.1, -0.05) is 30.3 Å². The summed E-state index contributed by atoms with van der Waals surface area (Å²) in [5.41, 5.74) is 6.81. The first-order valence-corrected chi connectivity index (χ1v) is 8.99. The Hall–Kier alpha value is -3.36. The smallest absolute Gasteiger partial charge is 0.181 e. The molecule has 0 radical (unpaired) electrons. The summed E-state index contributed by atoms with van der Waals surface area (Å²) in [6.45, 7) is 9.24. The molecule has 2 heterocycles. The van der Waals surface area contributed by atoms with Gasteiger partial charge in [-0.15, -0.1) is 16.3 Å². The second-order valence-corrected chi connectivity index (χ2v) is 7.42. The molecule has 1 aliphatic carbocycles. The van der Waals surface area contributed by atoms with Crippen LogP contribution in [0.15, 0.2) is 59.7 Å². The van der Waals surface area contributed by atoms with Gasteiger partial charge in [0.25, 0.3) is 0 Å². The molecule has 122 valence electrons. The molecule has 5 heteroatoms. The van der Waals surface area contributed by atoms with E-state index in [2.05, 4.69) is 41.2 Å². The largest absolute Gasteiger partial charge is 0.244 e. The van der Waals surface area contributed by atoms with Gasteiger partial charge in [-0.05, 0) is 36.8 Å². The lowest BCUT2D eigenvalue weighted by atomic mass is 10.1. The molecule has 0 atom stereocenters. The molecule has 5 rings (SSSR count). The number of aromatic nitrogens is 2. The van der Waals surface area contributed by atoms with E-state index in [0.29, 0.717) is 11.4 Å². The Morgan fingerprint density at radius 2 is 1.73 bits per heavy atom. The summed E-state index contributed by atoms with van der Waals surface area (Å²) in [6, 6.07) is 18.3. The van der Waals surface area contributed by atoms with Gasteiger partial charge in [0.05, 0.1) is 21.8 Å². The molecular formula is C21H12N4S. The molecule has 2 aromatic carbocycles. The normalized spacial score (nSPS) is 13.6. The molecule has 2 aromatic heterocycles. The lowest BCUT2D eigenvalue weighted by Gasteiger charge is -2.04. The van der Waals surface area contributed by atoms with Crippen LogP contribution in [0.3, 0.4) is 0 Å². The Morgan fingerprint density at radius 1 is 0.923 bits per heavy atom. The molecule has 0 saturated heterocycles. The zero-order valence-corrected chi connectivity index (χ0v) is 14.7. The highest BCUT2D eigenvalue weighted by molar-refractivity contribution is 7.15. The number of thiophene rings is 1. The van der Waals surface area contributed by atoms with E-state index in [4.69, 9.17) is 16.5 Å². The fourth-order valence-electron chi connectivity index (χ4n) is 3.33. The van der Waals surface area contributed by atoms with Gasteiger partial charge in [0.15, 0.2) is 5.71 Å². The first-order chi connectivity index (χ1) is 12.7. The summed E-state index contributed by atoms with van der Waals surface area (Å²) in [5.74, 6) is 0. The van der Waals surface area contributed by atoms with Crippen LogP contribution in [0, 0.1) is 13.5 Å². The highest BCUT2D eigenvalue weighted by Crippen LogP contribution is 2.36. The van der Waals surface area contributed by atoms with Crippen LogP contribution in [-0.2, 0) is 0 Å². The van der Waals surface area contributed by atoms with Crippen molar-refractivity contribution in [1.82, 2.24) is 9.97 Å². The summed E-state index contributed by atoms with van der Waals surface area (Å²) >= 11 is 1.77. The second-order valence-electron chi connectivity index (χ2n) is 6.13. The van der Waals surface area contributed by atoms with Crippen LogP contribution < -0.4 is 0 Å². The van der Waals surface area contributed by atoms with Crippen molar-refractivity contribution in [2.75, 3.05) is 0 Å². The summed E-state index contributed by atoms with van der Waals surface area (Å²) in [4.78, 5) is 15.4. The van der Waals surface area contributed by atoms with Crippen LogP contribution in [0.2, 0.25) is 0 Å². The predicted octanol–water partition coefficient (Wildman–Crippen LogP) is 5.32. The van der Waals surface area contributed by atoms with Gasteiger partial charge in [0, 0.05) is 20.9 Å². The van der Waals surface area contributed by atoms with Crippen molar-refractivity contribution in [2.24, 2.45) is 5.10 Å². The summed E-state index contributed by atoms with van der Waals surface area (Å²) in [7, 11) is 0. The van der Waals surface area contributed by atoms with Gasteiger partial charge < -0.3 is 0 Å². The van der Waals surface area contributed by atoms with Crippen LogP contribution in [0.4, 0.5) is 0 Å². The maximum atomic E-state index is 7.13. The Bertz CT molecular complexity index is 1260. The first kappa shape index (κ1) is 14.9. The Labute approximate surface area is 154 Å². The fourth-order valence-corrected chi connectivity index (χ4v) is 4.19. The van der Waals surface area contributed by atoms with E-state index in [0.717, 1.165) is 33.4 Å². The lowest BCUT2D eigenvalue weighted by Crippen LogP contribution is -2.01. The van der Waals surface area contributed by atoms with Gasteiger partial charge >= 0.3 is 0 Å². The van der Waals surface area contributed by atoms with Crippen molar-refractivity contribution in [3.05, 3.63) is 82.3 Å². The molecule has 0 aliphatic heterocycles. The van der Waals surface area contributed by atoms with Crippen molar-refractivity contribution >= 4 is 28.1 Å². The van der Waals surface area contributed by atoms with E-state index < -0.39 is 0 Å². The Kier molecular flexibility index (Phi) is 3.21. The predicted molar refractivity (Wildman–Crippen MR) is 105 cm³/mol. The van der Waals surface area contributed by atoms with Gasteiger partial charge in [-0.25, -0.2) is 9.97 Å². The van der Waals surface area contributed by atoms with E-state index in [1.54, 1.807) is 11.3 Å². The molecule has 0 bridgehead atoms. The SMILES string of the molecule is [C-]#[N+]/N=C1/c2ccccc2-c2nc3cc(-c4ccc(C)s4)ccc3nc21. The minimum absolute atomic E-state index is 0.609. The number of hydrogen-bond donors (Lipinski definition) is 0. The second kappa shape index (κ2) is 5.58. The zero-order chi connectivity index (χ0) is 17.7. The maximum Gasteiger partial charge on any atom is 0.181 e. The third-order valence-corrected chi connectivity index (χ3v) is 5.55. The van der Waals surface area contributed by atoms with E-state index in [9.17, 15) is 0 Å². The van der Waals surface area contributed by atoms with Crippen LogP contribution in [0.1, 0.15) is 16.1 Å². The van der Waals surface area contributed by atoms with Crippen LogP contribution in [-0.4, -0.2) is 15.7 Å². The van der Waals surface area contributed by atoms with E-state index in [1.165, 1.54) is 9.75 Å². The molecule has 0 fully saturated rings. The molecule has 0 saturated carbocycles. The van der Waals surface area contributed by atoms with E-state index in [1.807, 2.05) is 30.3 Å². The molecule has 0 amide bonds. The molecule has 0 spiro atoms. The van der Waals surface area contributed by atoms with Crippen molar-refractivity contribution in [1.29, 1.82) is 0 Å². The quantitative estimate of drug-likeness (QED) is 0.303. The van der Waals surface area contributed by atoms with Gasteiger partial charge in [-0.3, -0.25) is 0 Å². The number of benzene rings is 2. The molecular weight excluding hydrogens is 340 g/mol. The minimum atomic E-state index is 0.609. The van der Waals surface area contributed by atoms with Crippen LogP contribution in [0.5, 0.6) is 0 Å². The summed E-state index contributed by atoms with van der Waals surface area (Å²) < 4.78 is 0. The van der Waals surface area contributed by atoms with Crippen LogP contribution in [0.25, 0.3) is 37.7 Å². The summed E-state index contributed by atoms with van der Waals surface area (Å²) in [5, 5.41) is 3.99. The summed E-state index contributed by atoms with van der Waals surface area (Å²) in [6.07, 6.45) is 0. The third-order valence-electron chi connectivity index (χ3n) is 4.50. The molecule has 4 nitrogen and oxygen atoms in total. The van der Waals surface area contributed by atoms with E-state index in [-0.39, 0.29) is 0 Å².